The van der Waals surface area contributed by atoms with Gasteiger partial charge in [0.25, 0.3) is 0 Å². The third-order valence-electron chi connectivity index (χ3n) is 3.42. The van der Waals surface area contributed by atoms with Gasteiger partial charge in [0.2, 0.25) is 0 Å². The number of nitrogens with zero attached hydrogens (tertiary/aromatic N) is 1. The number of halogens is 1. The average Bonchev–Trinajstić information content (AvgIpc) is 2.40. The number of amides is 2. The number of benzene rings is 1. The van der Waals surface area contributed by atoms with Gasteiger partial charge in [-0.05, 0) is 31.0 Å². The molecule has 1 aromatic carbocycles. The summed E-state index contributed by atoms with van der Waals surface area (Å²) in [5.41, 5.74) is 1.87. The number of methoxy groups -OCH3 is 1. The lowest BCUT2D eigenvalue weighted by Gasteiger charge is -2.38. The van der Waals surface area contributed by atoms with E-state index in [0.29, 0.717) is 26.3 Å². The Bertz CT molecular complexity index is 490. The first-order chi connectivity index (χ1) is 10.1. The zero-order valence-corrected chi connectivity index (χ0v) is 14.0. The summed E-state index contributed by atoms with van der Waals surface area (Å²) in [5.74, 6) is 0. The van der Waals surface area contributed by atoms with Crippen LogP contribution in [-0.2, 0) is 9.47 Å². The molecule has 116 valence electrons. The Balaban J connectivity index is 1.72. The van der Waals surface area contributed by atoms with Gasteiger partial charge in [0, 0.05) is 30.5 Å². The molecule has 0 unspecified atom stereocenters. The number of rotatable bonds is 6. The fourth-order valence-electron chi connectivity index (χ4n) is 2.09. The number of ether oxygens (including phenoxy) is 2. The van der Waals surface area contributed by atoms with Crippen molar-refractivity contribution in [2.24, 2.45) is 0 Å². The van der Waals surface area contributed by atoms with Crippen LogP contribution >= 0.6 is 15.9 Å². The van der Waals surface area contributed by atoms with Crippen molar-refractivity contribution in [2.45, 2.75) is 19.4 Å². The van der Waals surface area contributed by atoms with Crippen molar-refractivity contribution in [3.8, 4) is 0 Å². The molecule has 6 heteroatoms. The number of hydrogen-bond acceptors (Lipinski definition) is 3. The van der Waals surface area contributed by atoms with E-state index >= 15 is 0 Å². The summed E-state index contributed by atoms with van der Waals surface area (Å²) >= 11 is 3.41. The SMILES string of the molecule is COCCCOC1CN(C(=O)Nc2cc(Br)ccc2C)C1. The molecule has 0 atom stereocenters. The predicted molar refractivity (Wildman–Crippen MR) is 85.7 cm³/mol. The number of aryl methyl sites for hydroxylation is 1. The average molecular weight is 357 g/mol. The molecular weight excluding hydrogens is 336 g/mol. The number of nitrogens with one attached hydrogen (secondary N) is 1. The molecule has 1 fully saturated rings. The molecule has 1 heterocycles. The Labute approximate surface area is 133 Å². The molecule has 0 aromatic heterocycles. The monoisotopic (exact) mass is 356 g/mol. The van der Waals surface area contributed by atoms with Crippen LogP contribution in [0.15, 0.2) is 22.7 Å². The molecule has 1 aromatic rings. The first kappa shape index (κ1) is 16.3. The van der Waals surface area contributed by atoms with E-state index in [1.54, 1.807) is 12.0 Å². The van der Waals surface area contributed by atoms with Gasteiger partial charge < -0.3 is 19.7 Å². The second-order valence-electron chi connectivity index (χ2n) is 5.13. The summed E-state index contributed by atoms with van der Waals surface area (Å²) in [7, 11) is 1.68. The van der Waals surface area contributed by atoms with Crippen molar-refractivity contribution in [1.29, 1.82) is 0 Å². The van der Waals surface area contributed by atoms with E-state index in [2.05, 4.69) is 21.2 Å². The van der Waals surface area contributed by atoms with Crippen LogP contribution in [0.25, 0.3) is 0 Å². The first-order valence-electron chi connectivity index (χ1n) is 7.02. The van der Waals surface area contributed by atoms with E-state index in [-0.39, 0.29) is 12.1 Å². The molecule has 0 radical (unpaired) electrons. The molecule has 0 bridgehead atoms. The fraction of sp³-hybridized carbons (Fsp3) is 0.533. The number of carbonyl (C=O) groups excluding carboxylic acids is 1. The van der Waals surface area contributed by atoms with Gasteiger partial charge in [-0.25, -0.2) is 4.79 Å². The third-order valence-corrected chi connectivity index (χ3v) is 3.92. The summed E-state index contributed by atoms with van der Waals surface area (Å²) in [6, 6.07) is 5.76. The van der Waals surface area contributed by atoms with E-state index in [9.17, 15) is 4.79 Å². The molecular formula is C15H21BrN2O3. The summed E-state index contributed by atoms with van der Waals surface area (Å²) < 4.78 is 11.6. The smallest absolute Gasteiger partial charge is 0.322 e. The summed E-state index contributed by atoms with van der Waals surface area (Å²) in [4.78, 5) is 13.9. The van der Waals surface area contributed by atoms with Crippen LogP contribution in [0.2, 0.25) is 0 Å². The van der Waals surface area contributed by atoms with E-state index in [4.69, 9.17) is 9.47 Å². The Morgan fingerprint density at radius 2 is 2.19 bits per heavy atom. The van der Waals surface area contributed by atoms with Crippen LogP contribution in [0.4, 0.5) is 10.5 Å². The van der Waals surface area contributed by atoms with Crippen LogP contribution in [-0.4, -0.2) is 50.4 Å². The zero-order valence-electron chi connectivity index (χ0n) is 12.4. The lowest BCUT2D eigenvalue weighted by Crippen LogP contribution is -2.56. The van der Waals surface area contributed by atoms with Gasteiger partial charge in [-0.2, -0.15) is 0 Å². The van der Waals surface area contributed by atoms with Crippen molar-refractivity contribution in [3.63, 3.8) is 0 Å². The van der Waals surface area contributed by atoms with Gasteiger partial charge in [-0.3, -0.25) is 0 Å². The maximum absolute atomic E-state index is 12.1. The highest BCUT2D eigenvalue weighted by atomic mass is 79.9. The normalized spacial score (nSPS) is 14.9. The van der Waals surface area contributed by atoms with Gasteiger partial charge in [-0.15, -0.1) is 0 Å². The minimum absolute atomic E-state index is 0.0760. The van der Waals surface area contributed by atoms with Crippen molar-refractivity contribution in [3.05, 3.63) is 28.2 Å². The topological polar surface area (TPSA) is 50.8 Å². The molecule has 1 N–H and O–H groups in total. The number of carbonyl (C=O) groups is 1. The zero-order chi connectivity index (χ0) is 15.2. The van der Waals surface area contributed by atoms with Crippen molar-refractivity contribution in [1.82, 2.24) is 4.90 Å². The second kappa shape index (κ2) is 7.77. The lowest BCUT2D eigenvalue weighted by molar-refractivity contribution is -0.0380. The van der Waals surface area contributed by atoms with Gasteiger partial charge in [0.1, 0.15) is 0 Å². The number of anilines is 1. The van der Waals surface area contributed by atoms with E-state index in [1.165, 1.54) is 0 Å². The van der Waals surface area contributed by atoms with Gasteiger partial charge in [0.15, 0.2) is 0 Å². The van der Waals surface area contributed by atoms with Crippen LogP contribution < -0.4 is 5.32 Å². The van der Waals surface area contributed by atoms with Crippen LogP contribution in [0.5, 0.6) is 0 Å². The van der Waals surface area contributed by atoms with E-state index in [1.807, 2.05) is 25.1 Å². The Morgan fingerprint density at radius 1 is 1.43 bits per heavy atom. The summed E-state index contributed by atoms with van der Waals surface area (Å²) in [6.07, 6.45) is 1.03. The molecule has 5 nitrogen and oxygen atoms in total. The molecule has 1 aliphatic rings. The van der Waals surface area contributed by atoms with E-state index < -0.39 is 0 Å². The van der Waals surface area contributed by atoms with Gasteiger partial charge >= 0.3 is 6.03 Å². The fourth-order valence-corrected chi connectivity index (χ4v) is 2.45. The number of hydrogen-bond donors (Lipinski definition) is 1. The Morgan fingerprint density at radius 3 is 2.90 bits per heavy atom. The van der Waals surface area contributed by atoms with Crippen molar-refractivity contribution >= 4 is 27.6 Å². The van der Waals surface area contributed by atoms with Crippen LogP contribution in [0, 0.1) is 6.92 Å². The van der Waals surface area contributed by atoms with Crippen LogP contribution in [0.1, 0.15) is 12.0 Å². The quantitative estimate of drug-likeness (QED) is 0.797. The highest BCUT2D eigenvalue weighted by molar-refractivity contribution is 9.10. The largest absolute Gasteiger partial charge is 0.385 e. The maximum atomic E-state index is 12.1. The summed E-state index contributed by atoms with van der Waals surface area (Å²) in [6.45, 7) is 4.65. The van der Waals surface area contributed by atoms with E-state index in [0.717, 1.165) is 22.1 Å². The minimum atomic E-state index is -0.0760. The Hall–Kier alpha value is -1.11. The second-order valence-corrected chi connectivity index (χ2v) is 6.05. The van der Waals surface area contributed by atoms with Gasteiger partial charge in [-0.1, -0.05) is 22.0 Å². The molecule has 0 spiro atoms. The lowest BCUT2D eigenvalue weighted by atomic mass is 10.1. The minimum Gasteiger partial charge on any atom is -0.385 e. The van der Waals surface area contributed by atoms with Crippen LogP contribution in [0.3, 0.4) is 0 Å². The Kier molecular flexibility index (Phi) is 6.02. The first-order valence-corrected chi connectivity index (χ1v) is 7.82. The van der Waals surface area contributed by atoms with Gasteiger partial charge in [0.05, 0.1) is 19.2 Å². The predicted octanol–water partition coefficient (Wildman–Crippen LogP) is 3.03. The molecule has 0 saturated carbocycles. The highest BCUT2D eigenvalue weighted by Crippen LogP contribution is 2.22. The van der Waals surface area contributed by atoms with Crippen molar-refractivity contribution < 1.29 is 14.3 Å². The molecule has 0 aliphatic carbocycles. The maximum Gasteiger partial charge on any atom is 0.322 e. The number of likely N-dealkylation sites (tertiary alicyclic amines) is 1. The molecule has 21 heavy (non-hydrogen) atoms. The molecule has 1 aliphatic heterocycles. The molecule has 2 amide bonds. The van der Waals surface area contributed by atoms with Crippen molar-refractivity contribution in [2.75, 3.05) is 38.7 Å². The standard InChI is InChI=1S/C15H21BrN2O3/c1-11-4-5-12(16)8-14(11)17-15(19)18-9-13(10-18)21-7-3-6-20-2/h4-5,8,13H,3,6-7,9-10H2,1-2H3,(H,17,19). The highest BCUT2D eigenvalue weighted by Gasteiger charge is 2.31. The third kappa shape index (κ3) is 4.69. The molecule has 2 rings (SSSR count). The summed E-state index contributed by atoms with van der Waals surface area (Å²) in [5, 5.41) is 2.93. The molecule has 1 saturated heterocycles. The number of urea groups is 1.